The fourth-order valence-electron chi connectivity index (χ4n) is 1.87. The van der Waals surface area contributed by atoms with Crippen LogP contribution < -0.4 is 10.1 Å². The molecule has 2 aromatic rings. The Hall–Kier alpha value is -2.58. The normalized spacial score (nSPS) is 12.7. The summed E-state index contributed by atoms with van der Waals surface area (Å²) >= 11 is 0. The van der Waals surface area contributed by atoms with Crippen LogP contribution in [-0.4, -0.2) is 39.5 Å². The minimum Gasteiger partial charge on any atom is -0.467 e. The van der Waals surface area contributed by atoms with E-state index in [1.54, 1.807) is 30.1 Å². The Bertz CT molecular complexity index is 644. The van der Waals surface area contributed by atoms with Gasteiger partial charge in [0.1, 0.15) is 5.56 Å². The molecule has 0 saturated heterocycles. The van der Waals surface area contributed by atoms with Crippen molar-refractivity contribution in [2.45, 2.75) is 25.7 Å². The first kappa shape index (κ1) is 16.8. The first-order chi connectivity index (χ1) is 10.8. The predicted octanol–water partition coefficient (Wildman–Crippen LogP) is 2.04. The Morgan fingerprint density at radius 3 is 2.83 bits per heavy atom. The summed E-state index contributed by atoms with van der Waals surface area (Å²) in [5.41, 5.74) is -0.0518. The highest BCUT2D eigenvalue weighted by Crippen LogP contribution is 2.20. The second-order valence-corrected chi connectivity index (χ2v) is 4.86. The number of carbonyl (C=O) groups is 1. The minimum atomic E-state index is -4.50. The number of amides is 1. The second-order valence-electron chi connectivity index (χ2n) is 4.86. The molecule has 0 radical (unpaired) electrons. The molecule has 2 rings (SSSR count). The number of rotatable bonds is 6. The molecule has 0 aliphatic rings. The van der Waals surface area contributed by atoms with E-state index < -0.39 is 18.7 Å². The van der Waals surface area contributed by atoms with E-state index in [0.29, 0.717) is 6.54 Å². The lowest BCUT2D eigenvalue weighted by atomic mass is 10.2. The van der Waals surface area contributed by atoms with Crippen LogP contribution in [-0.2, 0) is 6.54 Å². The number of hydrogen-bond donors (Lipinski definition) is 1. The van der Waals surface area contributed by atoms with Crippen molar-refractivity contribution in [3.8, 4) is 5.88 Å². The zero-order chi connectivity index (χ0) is 16.9. The summed E-state index contributed by atoms with van der Waals surface area (Å²) in [6.45, 7) is 0.678. The van der Waals surface area contributed by atoms with E-state index in [-0.39, 0.29) is 17.5 Å². The Balaban J connectivity index is 2.01. The number of alkyl halides is 3. The molecule has 0 bridgehead atoms. The maximum Gasteiger partial charge on any atom is 0.422 e. The number of pyridine rings is 1. The van der Waals surface area contributed by atoms with Crippen molar-refractivity contribution in [2.75, 3.05) is 6.61 Å². The molecule has 6 nitrogen and oxygen atoms in total. The number of nitrogens with zero attached hydrogens (tertiary/aromatic N) is 3. The van der Waals surface area contributed by atoms with E-state index in [2.05, 4.69) is 20.1 Å². The standard InChI is InChI=1S/C14H15F3N4O2/c1-10(8-21-7-3-6-19-21)20-12(22)11-4-2-5-18-13(11)23-9-14(15,16)17/h2-7,10H,8-9H2,1H3,(H,20,22)/t10-/m1/s1. The van der Waals surface area contributed by atoms with E-state index in [4.69, 9.17) is 0 Å². The molecule has 0 aliphatic carbocycles. The van der Waals surface area contributed by atoms with E-state index >= 15 is 0 Å². The molecule has 2 aromatic heterocycles. The van der Waals surface area contributed by atoms with E-state index in [9.17, 15) is 18.0 Å². The van der Waals surface area contributed by atoms with Crippen molar-refractivity contribution in [2.24, 2.45) is 0 Å². The zero-order valence-corrected chi connectivity index (χ0v) is 12.2. The van der Waals surface area contributed by atoms with Crippen LogP contribution in [0.25, 0.3) is 0 Å². The predicted molar refractivity (Wildman–Crippen MR) is 74.9 cm³/mol. The Morgan fingerprint density at radius 1 is 1.39 bits per heavy atom. The summed E-state index contributed by atoms with van der Waals surface area (Å²) < 4.78 is 42.9. The summed E-state index contributed by atoms with van der Waals surface area (Å²) in [5, 5.41) is 6.68. The van der Waals surface area contributed by atoms with Crippen LogP contribution in [0.15, 0.2) is 36.8 Å². The van der Waals surface area contributed by atoms with E-state index in [0.717, 1.165) is 0 Å². The van der Waals surface area contributed by atoms with Crippen molar-refractivity contribution in [3.63, 3.8) is 0 Å². The first-order valence-corrected chi connectivity index (χ1v) is 6.78. The van der Waals surface area contributed by atoms with Gasteiger partial charge < -0.3 is 10.1 Å². The van der Waals surface area contributed by atoms with Gasteiger partial charge in [-0.15, -0.1) is 0 Å². The number of hydrogen-bond acceptors (Lipinski definition) is 4. The Morgan fingerprint density at radius 2 is 2.17 bits per heavy atom. The smallest absolute Gasteiger partial charge is 0.422 e. The summed E-state index contributed by atoms with van der Waals surface area (Å²) in [6, 6.07) is 4.28. The highest BCUT2D eigenvalue weighted by molar-refractivity contribution is 5.96. The van der Waals surface area contributed by atoms with Crippen LogP contribution in [0.2, 0.25) is 0 Å². The molecule has 0 unspecified atom stereocenters. The van der Waals surface area contributed by atoms with Gasteiger partial charge >= 0.3 is 6.18 Å². The largest absolute Gasteiger partial charge is 0.467 e. The highest BCUT2D eigenvalue weighted by atomic mass is 19.4. The molecule has 0 spiro atoms. The Kier molecular flexibility index (Phi) is 5.20. The van der Waals surface area contributed by atoms with Crippen molar-refractivity contribution in [1.29, 1.82) is 0 Å². The van der Waals surface area contributed by atoms with Gasteiger partial charge in [-0.1, -0.05) is 0 Å². The lowest BCUT2D eigenvalue weighted by molar-refractivity contribution is -0.154. The van der Waals surface area contributed by atoms with E-state index in [1.165, 1.54) is 18.3 Å². The Labute approximate surface area is 130 Å². The molecule has 23 heavy (non-hydrogen) atoms. The number of ether oxygens (including phenoxy) is 1. The zero-order valence-electron chi connectivity index (χ0n) is 12.2. The number of carbonyl (C=O) groups excluding carboxylic acids is 1. The van der Waals surface area contributed by atoms with Gasteiger partial charge in [0.25, 0.3) is 5.91 Å². The summed E-state index contributed by atoms with van der Waals surface area (Å²) in [5.74, 6) is -0.913. The average molecular weight is 328 g/mol. The topological polar surface area (TPSA) is 69.0 Å². The molecule has 1 N–H and O–H groups in total. The van der Waals surface area contributed by atoms with Gasteiger partial charge in [-0.2, -0.15) is 18.3 Å². The maximum atomic E-state index is 12.2. The molecule has 124 valence electrons. The monoisotopic (exact) mass is 328 g/mol. The third-order valence-corrected chi connectivity index (χ3v) is 2.79. The van der Waals surface area contributed by atoms with Gasteiger partial charge in [0.05, 0.1) is 6.54 Å². The van der Waals surface area contributed by atoms with Crippen LogP contribution in [0.4, 0.5) is 13.2 Å². The van der Waals surface area contributed by atoms with Gasteiger partial charge in [0, 0.05) is 24.6 Å². The van der Waals surface area contributed by atoms with E-state index in [1.807, 2.05) is 0 Å². The van der Waals surface area contributed by atoms with Crippen LogP contribution in [0.3, 0.4) is 0 Å². The van der Waals surface area contributed by atoms with Gasteiger partial charge in [-0.05, 0) is 25.1 Å². The van der Waals surface area contributed by atoms with Crippen molar-refractivity contribution in [3.05, 3.63) is 42.4 Å². The molecule has 1 amide bonds. The van der Waals surface area contributed by atoms with Crippen molar-refractivity contribution >= 4 is 5.91 Å². The minimum absolute atomic E-state index is 0.0518. The van der Waals surface area contributed by atoms with Crippen LogP contribution >= 0.6 is 0 Å². The van der Waals surface area contributed by atoms with Crippen molar-refractivity contribution in [1.82, 2.24) is 20.1 Å². The van der Waals surface area contributed by atoms with Gasteiger partial charge in [0.2, 0.25) is 5.88 Å². The quantitative estimate of drug-likeness (QED) is 0.881. The van der Waals surface area contributed by atoms with Gasteiger partial charge in [-0.25, -0.2) is 4.98 Å². The first-order valence-electron chi connectivity index (χ1n) is 6.78. The molecule has 1 atom stereocenters. The SMILES string of the molecule is C[C@H](Cn1cccn1)NC(=O)c1cccnc1OCC(F)(F)F. The maximum absolute atomic E-state index is 12.2. The molecular formula is C14H15F3N4O2. The summed E-state index contributed by atoms with van der Waals surface area (Å²) in [7, 11) is 0. The average Bonchev–Trinajstić information content (AvgIpc) is 2.97. The summed E-state index contributed by atoms with van der Waals surface area (Å²) in [6.07, 6.45) is 0.109. The molecule has 0 aromatic carbocycles. The van der Waals surface area contributed by atoms with Crippen LogP contribution in [0, 0.1) is 0 Å². The number of nitrogens with one attached hydrogen (secondary N) is 1. The molecule has 2 heterocycles. The third-order valence-electron chi connectivity index (χ3n) is 2.79. The summed E-state index contributed by atoms with van der Waals surface area (Å²) in [4.78, 5) is 15.9. The molecule has 9 heteroatoms. The highest BCUT2D eigenvalue weighted by Gasteiger charge is 2.29. The van der Waals surface area contributed by atoms with Gasteiger partial charge in [0.15, 0.2) is 6.61 Å². The lowest BCUT2D eigenvalue weighted by Gasteiger charge is -2.16. The fraction of sp³-hybridized carbons (Fsp3) is 0.357. The third kappa shape index (κ3) is 5.28. The van der Waals surface area contributed by atoms with Crippen LogP contribution in [0.1, 0.15) is 17.3 Å². The van der Waals surface area contributed by atoms with Crippen molar-refractivity contribution < 1.29 is 22.7 Å². The second kappa shape index (κ2) is 7.12. The van der Waals surface area contributed by atoms with Gasteiger partial charge in [-0.3, -0.25) is 9.48 Å². The molecular weight excluding hydrogens is 313 g/mol. The molecule has 0 saturated carbocycles. The molecule has 0 aliphatic heterocycles. The fourth-order valence-corrected chi connectivity index (χ4v) is 1.87. The number of halogens is 3. The molecule has 0 fully saturated rings. The number of aromatic nitrogens is 3. The van der Waals surface area contributed by atoms with Crippen LogP contribution in [0.5, 0.6) is 5.88 Å². The lowest BCUT2D eigenvalue weighted by Crippen LogP contribution is -2.36.